The Morgan fingerprint density at radius 1 is 1.35 bits per heavy atom. The molecule has 3 rings (SSSR count). The molecule has 0 saturated carbocycles. The molecule has 26 heavy (non-hydrogen) atoms. The quantitative estimate of drug-likeness (QED) is 0.768. The molecule has 136 valence electrons. The van der Waals surface area contributed by atoms with E-state index < -0.39 is 5.97 Å². The van der Waals surface area contributed by atoms with Crippen LogP contribution in [0, 0.1) is 12.3 Å². The van der Waals surface area contributed by atoms with E-state index in [0.717, 1.165) is 11.3 Å². The standard InChI is InChI=1S/C21H24N2O3/c1-6-26-20(25)16-13(3)23-19-12(2)21(4,5)10-15(24)18(19)17(16)14-8-7-9-22-11-14/h7-9,11-12H,6,10H2,1-5H3/t12-/m1/s1. The summed E-state index contributed by atoms with van der Waals surface area (Å²) >= 11 is 0. The Bertz CT molecular complexity index is 873. The van der Waals surface area contributed by atoms with Gasteiger partial charge in [-0.3, -0.25) is 14.8 Å². The molecule has 2 aromatic rings. The fourth-order valence-corrected chi connectivity index (χ4v) is 3.60. The van der Waals surface area contributed by atoms with E-state index >= 15 is 0 Å². The summed E-state index contributed by atoms with van der Waals surface area (Å²) in [5, 5.41) is 0. The number of pyridine rings is 2. The molecule has 0 aliphatic heterocycles. The number of aryl methyl sites for hydroxylation is 1. The molecule has 1 aliphatic rings. The summed E-state index contributed by atoms with van der Waals surface area (Å²) in [6, 6.07) is 3.66. The van der Waals surface area contributed by atoms with E-state index in [4.69, 9.17) is 4.74 Å². The number of fused-ring (bicyclic) bond motifs is 1. The van der Waals surface area contributed by atoms with Crippen LogP contribution in [-0.4, -0.2) is 28.3 Å². The number of carbonyl (C=O) groups excluding carboxylic acids is 2. The predicted octanol–water partition coefficient (Wildman–Crippen LogP) is 4.34. The number of carbonyl (C=O) groups is 2. The average Bonchev–Trinajstić information content (AvgIpc) is 2.59. The van der Waals surface area contributed by atoms with Crippen molar-refractivity contribution in [3.8, 4) is 11.1 Å². The Morgan fingerprint density at radius 3 is 2.69 bits per heavy atom. The Hall–Kier alpha value is -2.56. The molecular weight excluding hydrogens is 328 g/mol. The molecule has 5 nitrogen and oxygen atoms in total. The van der Waals surface area contributed by atoms with Gasteiger partial charge in [0.15, 0.2) is 5.78 Å². The van der Waals surface area contributed by atoms with Crippen molar-refractivity contribution in [1.29, 1.82) is 0 Å². The Morgan fingerprint density at radius 2 is 2.08 bits per heavy atom. The maximum absolute atomic E-state index is 13.1. The molecule has 2 aromatic heterocycles. The van der Waals surface area contributed by atoms with E-state index in [0.29, 0.717) is 28.8 Å². The summed E-state index contributed by atoms with van der Waals surface area (Å²) in [6.45, 7) is 10.1. The van der Waals surface area contributed by atoms with Crippen molar-refractivity contribution >= 4 is 11.8 Å². The van der Waals surface area contributed by atoms with Crippen molar-refractivity contribution < 1.29 is 14.3 Å². The Labute approximate surface area is 153 Å². The normalized spacial score (nSPS) is 18.3. The molecule has 0 fully saturated rings. The van der Waals surface area contributed by atoms with Crippen molar-refractivity contribution in [3.63, 3.8) is 0 Å². The van der Waals surface area contributed by atoms with Crippen molar-refractivity contribution in [2.75, 3.05) is 6.61 Å². The van der Waals surface area contributed by atoms with Gasteiger partial charge in [-0.15, -0.1) is 0 Å². The number of esters is 1. The van der Waals surface area contributed by atoms with E-state index in [2.05, 4.69) is 30.7 Å². The predicted molar refractivity (Wildman–Crippen MR) is 99.3 cm³/mol. The summed E-state index contributed by atoms with van der Waals surface area (Å²) in [5.74, 6) is -0.343. The molecule has 5 heteroatoms. The van der Waals surface area contributed by atoms with Gasteiger partial charge in [0.25, 0.3) is 0 Å². The van der Waals surface area contributed by atoms with Gasteiger partial charge < -0.3 is 4.74 Å². The maximum atomic E-state index is 13.1. The second kappa shape index (κ2) is 6.63. The molecule has 0 spiro atoms. The first-order valence-corrected chi connectivity index (χ1v) is 8.93. The zero-order chi connectivity index (χ0) is 19.1. The smallest absolute Gasteiger partial charge is 0.340 e. The third-order valence-electron chi connectivity index (χ3n) is 5.31. The van der Waals surface area contributed by atoms with Crippen LogP contribution in [0.4, 0.5) is 0 Å². The molecule has 2 heterocycles. The van der Waals surface area contributed by atoms with E-state index in [-0.39, 0.29) is 23.7 Å². The molecule has 0 amide bonds. The van der Waals surface area contributed by atoms with Crippen LogP contribution in [0.2, 0.25) is 0 Å². The van der Waals surface area contributed by atoms with Gasteiger partial charge in [0, 0.05) is 41.4 Å². The highest BCUT2D eigenvalue weighted by atomic mass is 16.5. The van der Waals surface area contributed by atoms with Gasteiger partial charge in [0.2, 0.25) is 0 Å². The van der Waals surface area contributed by atoms with Gasteiger partial charge in [0.1, 0.15) is 0 Å². The summed E-state index contributed by atoms with van der Waals surface area (Å²) in [5.41, 5.74) is 3.40. The third kappa shape index (κ3) is 2.91. The van der Waals surface area contributed by atoms with E-state index in [1.54, 1.807) is 32.3 Å². The number of hydrogen-bond donors (Lipinski definition) is 0. The molecular formula is C21H24N2O3. The second-order valence-electron chi connectivity index (χ2n) is 7.48. The van der Waals surface area contributed by atoms with Crippen molar-refractivity contribution in [3.05, 3.63) is 47.0 Å². The molecule has 0 bridgehead atoms. The van der Waals surface area contributed by atoms with Crippen LogP contribution in [-0.2, 0) is 4.74 Å². The van der Waals surface area contributed by atoms with Crippen LogP contribution in [0.5, 0.6) is 0 Å². The highest BCUT2D eigenvalue weighted by Gasteiger charge is 2.41. The van der Waals surface area contributed by atoms with Gasteiger partial charge in [-0.2, -0.15) is 0 Å². The lowest BCUT2D eigenvalue weighted by atomic mass is 9.67. The highest BCUT2D eigenvalue weighted by Crippen LogP contribution is 2.47. The minimum atomic E-state index is -0.454. The van der Waals surface area contributed by atoms with Crippen LogP contribution < -0.4 is 0 Å². The molecule has 0 N–H and O–H groups in total. The fourth-order valence-electron chi connectivity index (χ4n) is 3.60. The first kappa shape index (κ1) is 18.2. The Balaban J connectivity index is 2.38. The average molecular weight is 352 g/mol. The molecule has 1 aliphatic carbocycles. The SMILES string of the molecule is CCOC(=O)c1c(C)nc2c(c1-c1cccnc1)C(=O)CC(C)(C)[C@@H]2C. The number of hydrogen-bond acceptors (Lipinski definition) is 5. The van der Waals surface area contributed by atoms with E-state index in [1.165, 1.54) is 0 Å². The van der Waals surface area contributed by atoms with E-state index in [1.807, 2.05) is 6.07 Å². The summed E-state index contributed by atoms with van der Waals surface area (Å²) < 4.78 is 5.25. The lowest BCUT2D eigenvalue weighted by molar-refractivity contribution is 0.0525. The number of nitrogens with zero attached hydrogens (tertiary/aromatic N) is 2. The number of ether oxygens (including phenoxy) is 1. The first-order chi connectivity index (χ1) is 12.3. The van der Waals surface area contributed by atoms with Crippen LogP contribution in [0.3, 0.4) is 0 Å². The van der Waals surface area contributed by atoms with Crippen LogP contribution >= 0.6 is 0 Å². The van der Waals surface area contributed by atoms with Crippen molar-refractivity contribution in [2.24, 2.45) is 5.41 Å². The van der Waals surface area contributed by atoms with Crippen LogP contribution in [0.15, 0.2) is 24.5 Å². The van der Waals surface area contributed by atoms with Crippen LogP contribution in [0.25, 0.3) is 11.1 Å². The summed E-state index contributed by atoms with van der Waals surface area (Å²) in [7, 11) is 0. The molecule has 0 aromatic carbocycles. The van der Waals surface area contributed by atoms with Gasteiger partial charge in [-0.25, -0.2) is 4.79 Å². The van der Waals surface area contributed by atoms with Gasteiger partial charge in [-0.1, -0.05) is 26.8 Å². The summed E-state index contributed by atoms with van der Waals surface area (Å²) in [6.07, 6.45) is 3.76. The minimum Gasteiger partial charge on any atom is -0.462 e. The molecule has 0 saturated heterocycles. The van der Waals surface area contributed by atoms with Crippen LogP contribution in [0.1, 0.15) is 72.1 Å². The lowest BCUT2D eigenvalue weighted by Gasteiger charge is -2.37. The summed E-state index contributed by atoms with van der Waals surface area (Å²) in [4.78, 5) is 34.6. The second-order valence-corrected chi connectivity index (χ2v) is 7.48. The zero-order valence-corrected chi connectivity index (χ0v) is 15.9. The monoisotopic (exact) mass is 352 g/mol. The minimum absolute atomic E-state index is 0.0139. The third-order valence-corrected chi connectivity index (χ3v) is 5.31. The lowest BCUT2D eigenvalue weighted by Crippen LogP contribution is -2.33. The highest BCUT2D eigenvalue weighted by molar-refractivity contribution is 6.10. The van der Waals surface area contributed by atoms with E-state index in [9.17, 15) is 9.59 Å². The molecule has 1 atom stereocenters. The topological polar surface area (TPSA) is 69.2 Å². The zero-order valence-electron chi connectivity index (χ0n) is 15.9. The number of ketones is 1. The van der Waals surface area contributed by atoms with Crippen molar-refractivity contribution in [1.82, 2.24) is 9.97 Å². The molecule has 0 unspecified atom stereocenters. The fraction of sp³-hybridized carbons (Fsp3) is 0.429. The largest absolute Gasteiger partial charge is 0.462 e. The first-order valence-electron chi connectivity index (χ1n) is 8.93. The van der Waals surface area contributed by atoms with Gasteiger partial charge in [-0.05, 0) is 25.3 Å². The van der Waals surface area contributed by atoms with Gasteiger partial charge >= 0.3 is 5.97 Å². The van der Waals surface area contributed by atoms with Gasteiger partial charge in [0.05, 0.1) is 23.6 Å². The van der Waals surface area contributed by atoms with Crippen molar-refractivity contribution in [2.45, 2.75) is 47.0 Å². The molecule has 0 radical (unpaired) electrons. The maximum Gasteiger partial charge on any atom is 0.340 e. The Kier molecular flexibility index (Phi) is 4.65. The number of Topliss-reactive ketones (excluding diaryl/α,β-unsaturated/α-hetero) is 1. The number of aromatic nitrogens is 2. The number of rotatable bonds is 3.